The highest BCUT2D eigenvalue weighted by molar-refractivity contribution is 5.35. The number of halogens is 3. The van der Waals surface area contributed by atoms with E-state index in [4.69, 9.17) is 10.6 Å². The van der Waals surface area contributed by atoms with E-state index in [0.29, 0.717) is 18.8 Å². The molecule has 20 heavy (non-hydrogen) atoms. The second-order valence-electron chi connectivity index (χ2n) is 5.16. The number of nitrogens with one attached hydrogen (secondary N) is 1. The zero-order valence-electron chi connectivity index (χ0n) is 11.3. The summed E-state index contributed by atoms with van der Waals surface area (Å²) < 4.78 is 43.3. The van der Waals surface area contributed by atoms with E-state index in [1.807, 2.05) is 0 Å². The monoisotopic (exact) mass is 288 g/mol. The number of aryl methyl sites for hydroxylation is 1. The van der Waals surface area contributed by atoms with E-state index in [0.717, 1.165) is 24.5 Å². The average molecular weight is 288 g/mol. The van der Waals surface area contributed by atoms with Gasteiger partial charge >= 0.3 is 6.18 Å². The lowest BCUT2D eigenvalue weighted by molar-refractivity contribution is -0.137. The van der Waals surface area contributed by atoms with Gasteiger partial charge in [0, 0.05) is 19.3 Å². The van der Waals surface area contributed by atoms with Gasteiger partial charge < -0.3 is 4.74 Å². The Morgan fingerprint density at radius 3 is 2.45 bits per heavy atom. The number of benzene rings is 1. The van der Waals surface area contributed by atoms with Crippen LogP contribution in [0.5, 0.6) is 0 Å². The zero-order chi connectivity index (χ0) is 14.8. The van der Waals surface area contributed by atoms with Crippen molar-refractivity contribution in [1.29, 1.82) is 0 Å². The smallest absolute Gasteiger partial charge is 0.381 e. The van der Waals surface area contributed by atoms with Gasteiger partial charge in [-0.05, 0) is 48.9 Å². The van der Waals surface area contributed by atoms with Gasteiger partial charge in [-0.2, -0.15) is 13.2 Å². The third-order valence-corrected chi connectivity index (χ3v) is 3.85. The molecule has 1 atom stereocenters. The third kappa shape index (κ3) is 3.31. The standard InChI is InChI=1S/C14H19F3N2O/c1-9-8-11(14(15,16)17)2-3-12(9)13(19-18)10-4-6-20-7-5-10/h2-3,8,10,13,19H,4-7,18H2,1H3. The van der Waals surface area contributed by atoms with Crippen LogP contribution >= 0.6 is 0 Å². The molecule has 0 saturated carbocycles. The molecule has 0 amide bonds. The van der Waals surface area contributed by atoms with Gasteiger partial charge in [-0.15, -0.1) is 0 Å². The molecule has 3 N–H and O–H groups in total. The summed E-state index contributed by atoms with van der Waals surface area (Å²) in [5.41, 5.74) is 3.56. The minimum Gasteiger partial charge on any atom is -0.381 e. The average Bonchev–Trinajstić information content (AvgIpc) is 2.41. The molecule has 0 bridgehead atoms. The van der Waals surface area contributed by atoms with Gasteiger partial charge in [0.2, 0.25) is 0 Å². The van der Waals surface area contributed by atoms with Crippen molar-refractivity contribution in [2.24, 2.45) is 11.8 Å². The Morgan fingerprint density at radius 1 is 1.30 bits per heavy atom. The number of ether oxygens (including phenoxy) is 1. The van der Waals surface area contributed by atoms with Crippen LogP contribution in [0.3, 0.4) is 0 Å². The molecule has 0 radical (unpaired) electrons. The summed E-state index contributed by atoms with van der Waals surface area (Å²) in [5.74, 6) is 5.90. The molecule has 112 valence electrons. The second kappa shape index (κ2) is 6.11. The fourth-order valence-corrected chi connectivity index (χ4v) is 2.73. The maximum Gasteiger partial charge on any atom is 0.416 e. The first-order chi connectivity index (χ1) is 9.43. The first kappa shape index (κ1) is 15.3. The van der Waals surface area contributed by atoms with Crippen LogP contribution in [-0.4, -0.2) is 13.2 Å². The minimum absolute atomic E-state index is 0.138. The van der Waals surface area contributed by atoms with Gasteiger partial charge in [0.15, 0.2) is 0 Å². The fourth-order valence-electron chi connectivity index (χ4n) is 2.73. The van der Waals surface area contributed by atoms with Crippen molar-refractivity contribution in [3.63, 3.8) is 0 Å². The topological polar surface area (TPSA) is 47.3 Å². The van der Waals surface area contributed by atoms with Crippen LogP contribution in [0.2, 0.25) is 0 Å². The number of nitrogens with two attached hydrogens (primary N) is 1. The molecule has 0 aromatic heterocycles. The van der Waals surface area contributed by atoms with Crippen molar-refractivity contribution in [2.75, 3.05) is 13.2 Å². The van der Waals surface area contributed by atoms with Crippen molar-refractivity contribution >= 4 is 0 Å². The van der Waals surface area contributed by atoms with Crippen LogP contribution in [0.25, 0.3) is 0 Å². The molecule has 0 spiro atoms. The number of hydrogen-bond acceptors (Lipinski definition) is 3. The largest absolute Gasteiger partial charge is 0.416 e. The van der Waals surface area contributed by atoms with E-state index in [9.17, 15) is 13.2 Å². The van der Waals surface area contributed by atoms with E-state index >= 15 is 0 Å². The summed E-state index contributed by atoms with van der Waals surface area (Å²) >= 11 is 0. The van der Waals surface area contributed by atoms with Gasteiger partial charge in [0.05, 0.1) is 5.56 Å². The van der Waals surface area contributed by atoms with Gasteiger partial charge in [-0.1, -0.05) is 6.07 Å². The molecule has 1 aromatic rings. The maximum absolute atomic E-state index is 12.7. The van der Waals surface area contributed by atoms with Crippen LogP contribution in [0.4, 0.5) is 13.2 Å². The lowest BCUT2D eigenvalue weighted by Gasteiger charge is -2.31. The number of hydrogen-bond donors (Lipinski definition) is 2. The summed E-state index contributed by atoms with van der Waals surface area (Å²) in [7, 11) is 0. The highest BCUT2D eigenvalue weighted by Crippen LogP contribution is 2.35. The molecular weight excluding hydrogens is 269 g/mol. The zero-order valence-corrected chi connectivity index (χ0v) is 11.3. The van der Waals surface area contributed by atoms with Crippen LogP contribution in [-0.2, 0) is 10.9 Å². The number of rotatable bonds is 3. The number of hydrazine groups is 1. The van der Waals surface area contributed by atoms with E-state index in [2.05, 4.69) is 5.43 Å². The summed E-state index contributed by atoms with van der Waals surface area (Å²) in [4.78, 5) is 0. The van der Waals surface area contributed by atoms with Crippen molar-refractivity contribution < 1.29 is 17.9 Å². The van der Waals surface area contributed by atoms with Gasteiger partial charge in [-0.25, -0.2) is 0 Å². The summed E-state index contributed by atoms with van der Waals surface area (Å²) in [6.45, 7) is 3.03. The van der Waals surface area contributed by atoms with Crippen molar-refractivity contribution in [1.82, 2.24) is 5.43 Å². The molecule has 2 rings (SSSR count). The van der Waals surface area contributed by atoms with Crippen LogP contribution in [0.15, 0.2) is 18.2 Å². The highest BCUT2D eigenvalue weighted by atomic mass is 19.4. The molecule has 1 aromatic carbocycles. The van der Waals surface area contributed by atoms with Crippen molar-refractivity contribution in [3.05, 3.63) is 34.9 Å². The highest BCUT2D eigenvalue weighted by Gasteiger charge is 2.32. The second-order valence-corrected chi connectivity index (χ2v) is 5.16. The Balaban J connectivity index is 2.26. The van der Waals surface area contributed by atoms with Crippen LogP contribution in [0.1, 0.15) is 35.6 Å². The Hall–Kier alpha value is -1.11. The van der Waals surface area contributed by atoms with Crippen molar-refractivity contribution in [2.45, 2.75) is 32.0 Å². The molecule has 1 fully saturated rings. The van der Waals surface area contributed by atoms with Crippen molar-refractivity contribution in [3.8, 4) is 0 Å². The quantitative estimate of drug-likeness (QED) is 0.664. The summed E-state index contributed by atoms with van der Waals surface area (Å²) in [5, 5.41) is 0. The third-order valence-electron chi connectivity index (χ3n) is 3.85. The molecule has 1 heterocycles. The number of alkyl halides is 3. The molecule has 0 aliphatic carbocycles. The first-order valence-electron chi connectivity index (χ1n) is 6.65. The predicted octanol–water partition coefficient (Wildman–Crippen LogP) is 2.94. The fraction of sp³-hybridized carbons (Fsp3) is 0.571. The van der Waals surface area contributed by atoms with Crippen LogP contribution in [0, 0.1) is 12.8 Å². The Morgan fingerprint density at radius 2 is 1.95 bits per heavy atom. The van der Waals surface area contributed by atoms with Crippen LogP contribution < -0.4 is 11.3 Å². The maximum atomic E-state index is 12.7. The molecular formula is C14H19F3N2O. The molecule has 1 saturated heterocycles. The Bertz CT molecular complexity index is 456. The lowest BCUT2D eigenvalue weighted by atomic mass is 9.85. The van der Waals surface area contributed by atoms with Gasteiger partial charge in [-0.3, -0.25) is 11.3 Å². The molecule has 3 nitrogen and oxygen atoms in total. The normalized spacial score (nSPS) is 19.1. The molecule has 6 heteroatoms. The Kier molecular flexibility index (Phi) is 4.67. The minimum atomic E-state index is -4.31. The Labute approximate surface area is 116 Å². The van der Waals surface area contributed by atoms with E-state index in [1.165, 1.54) is 12.1 Å². The molecule has 1 aliphatic rings. The van der Waals surface area contributed by atoms with E-state index < -0.39 is 11.7 Å². The summed E-state index contributed by atoms with van der Waals surface area (Å²) in [6, 6.07) is 3.68. The first-order valence-corrected chi connectivity index (χ1v) is 6.65. The SMILES string of the molecule is Cc1cc(C(F)(F)F)ccc1C(NN)C1CCOCC1. The van der Waals surface area contributed by atoms with Gasteiger partial charge in [0.1, 0.15) is 0 Å². The summed E-state index contributed by atoms with van der Waals surface area (Å²) in [6.07, 6.45) is -2.60. The predicted molar refractivity (Wildman–Crippen MR) is 69.8 cm³/mol. The molecule has 1 unspecified atom stereocenters. The van der Waals surface area contributed by atoms with E-state index in [1.54, 1.807) is 6.92 Å². The lowest BCUT2D eigenvalue weighted by Crippen LogP contribution is -2.36. The van der Waals surface area contributed by atoms with Gasteiger partial charge in [0.25, 0.3) is 0 Å². The molecule has 1 aliphatic heterocycles. The van der Waals surface area contributed by atoms with E-state index in [-0.39, 0.29) is 12.0 Å².